The summed E-state index contributed by atoms with van der Waals surface area (Å²) in [6, 6.07) is 7.59. The molecule has 4 nitrogen and oxygen atoms in total. The van der Waals surface area contributed by atoms with Crippen LogP contribution >= 0.6 is 35.0 Å². The Morgan fingerprint density at radius 1 is 1.00 bits per heavy atom. The van der Waals surface area contributed by atoms with Crippen molar-refractivity contribution in [2.24, 2.45) is 0 Å². The van der Waals surface area contributed by atoms with E-state index in [9.17, 15) is 0 Å². The van der Waals surface area contributed by atoms with Gasteiger partial charge in [-0.25, -0.2) is 0 Å². The van der Waals surface area contributed by atoms with Gasteiger partial charge in [-0.2, -0.15) is 15.0 Å². The molecule has 2 aromatic rings. The maximum atomic E-state index is 6.04. The van der Waals surface area contributed by atoms with Gasteiger partial charge < -0.3 is 4.90 Å². The second-order valence-corrected chi connectivity index (χ2v) is 6.61. The van der Waals surface area contributed by atoms with Crippen LogP contribution in [0, 0.1) is 0 Å². The number of anilines is 1. The molecule has 1 saturated heterocycles. The Balaban J connectivity index is 1.83. The lowest BCUT2D eigenvalue weighted by molar-refractivity contribution is 0.564. The maximum absolute atomic E-state index is 6.04. The van der Waals surface area contributed by atoms with Gasteiger partial charge in [-0.05, 0) is 60.8 Å². The van der Waals surface area contributed by atoms with Crippen LogP contribution in [0.25, 0.3) is 0 Å². The molecule has 0 atom stereocenters. The summed E-state index contributed by atoms with van der Waals surface area (Å²) in [6.07, 6.45) is 3.60. The van der Waals surface area contributed by atoms with Crippen LogP contribution in [0.4, 0.5) is 5.95 Å². The highest BCUT2D eigenvalue weighted by Crippen LogP contribution is 2.28. The predicted octanol–water partition coefficient (Wildman–Crippen LogP) is 4.32. The highest BCUT2D eigenvalue weighted by molar-refractivity contribution is 7.99. The Hall–Kier alpha value is -1.04. The normalized spacial score (nSPS) is 15.2. The van der Waals surface area contributed by atoms with E-state index in [0.29, 0.717) is 16.1 Å². The van der Waals surface area contributed by atoms with E-state index in [4.69, 9.17) is 23.2 Å². The van der Waals surface area contributed by atoms with Crippen LogP contribution < -0.4 is 4.90 Å². The number of piperidine rings is 1. The topological polar surface area (TPSA) is 41.9 Å². The third-order valence-corrected chi connectivity index (χ3v) is 4.48. The van der Waals surface area contributed by atoms with Gasteiger partial charge in [0.1, 0.15) is 0 Å². The number of hydrogen-bond donors (Lipinski definition) is 0. The van der Waals surface area contributed by atoms with Crippen molar-refractivity contribution in [3.63, 3.8) is 0 Å². The minimum atomic E-state index is 0.232. The second-order valence-electron chi connectivity index (χ2n) is 4.79. The fraction of sp³-hybridized carbons (Fsp3) is 0.357. The molecule has 0 aliphatic carbocycles. The number of rotatable bonds is 3. The minimum Gasteiger partial charge on any atom is -0.341 e. The zero-order valence-corrected chi connectivity index (χ0v) is 13.6. The Morgan fingerprint density at radius 3 is 2.57 bits per heavy atom. The molecule has 1 fully saturated rings. The Labute approximate surface area is 137 Å². The number of nitrogens with zero attached hydrogens (tertiary/aromatic N) is 4. The van der Waals surface area contributed by atoms with E-state index in [1.54, 1.807) is 0 Å². The van der Waals surface area contributed by atoms with Crippen molar-refractivity contribution in [2.45, 2.75) is 29.3 Å². The van der Waals surface area contributed by atoms with Gasteiger partial charge in [-0.3, -0.25) is 0 Å². The Kier molecular flexibility index (Phi) is 4.83. The molecule has 21 heavy (non-hydrogen) atoms. The van der Waals surface area contributed by atoms with E-state index < -0.39 is 0 Å². The smallest absolute Gasteiger partial charge is 0.230 e. The van der Waals surface area contributed by atoms with Crippen molar-refractivity contribution in [3.05, 3.63) is 34.6 Å². The zero-order valence-electron chi connectivity index (χ0n) is 11.3. The highest BCUT2D eigenvalue weighted by Gasteiger charge is 2.16. The largest absolute Gasteiger partial charge is 0.341 e. The molecule has 0 saturated carbocycles. The van der Waals surface area contributed by atoms with Gasteiger partial charge in [0.2, 0.25) is 11.2 Å². The van der Waals surface area contributed by atoms with Crippen LogP contribution in [0.3, 0.4) is 0 Å². The fourth-order valence-corrected chi connectivity index (χ4v) is 3.50. The number of benzene rings is 1. The summed E-state index contributed by atoms with van der Waals surface area (Å²) in [5, 5.41) is 1.52. The van der Waals surface area contributed by atoms with Gasteiger partial charge in [0.25, 0.3) is 0 Å². The van der Waals surface area contributed by atoms with E-state index in [0.717, 1.165) is 18.0 Å². The molecule has 0 N–H and O–H groups in total. The van der Waals surface area contributed by atoms with Crippen LogP contribution in [0.1, 0.15) is 19.3 Å². The molecule has 1 aromatic heterocycles. The third-order valence-electron chi connectivity index (χ3n) is 3.22. The maximum Gasteiger partial charge on any atom is 0.230 e. The minimum absolute atomic E-state index is 0.232. The molecule has 1 aromatic carbocycles. The number of hydrogen-bond acceptors (Lipinski definition) is 5. The molecule has 7 heteroatoms. The van der Waals surface area contributed by atoms with Crippen LogP contribution in [-0.2, 0) is 0 Å². The molecular weight excluding hydrogens is 327 g/mol. The van der Waals surface area contributed by atoms with E-state index in [1.165, 1.54) is 31.0 Å². The zero-order chi connectivity index (χ0) is 14.7. The molecule has 0 amide bonds. The van der Waals surface area contributed by atoms with Crippen molar-refractivity contribution in [1.29, 1.82) is 0 Å². The van der Waals surface area contributed by atoms with Crippen molar-refractivity contribution < 1.29 is 0 Å². The first kappa shape index (κ1) is 14.9. The molecule has 0 radical (unpaired) electrons. The first-order chi connectivity index (χ1) is 10.2. The second kappa shape index (κ2) is 6.81. The molecule has 0 spiro atoms. The molecule has 0 unspecified atom stereocenters. The summed E-state index contributed by atoms with van der Waals surface area (Å²) in [5.41, 5.74) is 0. The Bertz CT molecular complexity index is 632. The highest BCUT2D eigenvalue weighted by atomic mass is 35.5. The van der Waals surface area contributed by atoms with Crippen LogP contribution in [0.5, 0.6) is 0 Å². The third kappa shape index (κ3) is 3.99. The standard InChI is InChI=1S/C14H14Cl2N4S/c15-10-5-4-6-11(9-10)21-14-18-12(16)17-13(19-14)20-7-2-1-3-8-20/h4-6,9H,1-3,7-8H2. The van der Waals surface area contributed by atoms with E-state index in [2.05, 4.69) is 19.9 Å². The van der Waals surface area contributed by atoms with Crippen molar-refractivity contribution >= 4 is 40.9 Å². The first-order valence-electron chi connectivity index (χ1n) is 6.81. The summed E-state index contributed by atoms with van der Waals surface area (Å²) >= 11 is 13.5. The first-order valence-corrected chi connectivity index (χ1v) is 8.38. The molecule has 2 heterocycles. The fourth-order valence-electron chi connectivity index (χ4n) is 2.24. The molecule has 1 aliphatic rings. The van der Waals surface area contributed by atoms with E-state index in [1.807, 2.05) is 24.3 Å². The van der Waals surface area contributed by atoms with E-state index >= 15 is 0 Å². The summed E-state index contributed by atoms with van der Waals surface area (Å²) in [4.78, 5) is 16.1. The van der Waals surface area contributed by atoms with Gasteiger partial charge in [0.05, 0.1) is 0 Å². The summed E-state index contributed by atoms with van der Waals surface area (Å²) in [5.74, 6) is 0.666. The predicted molar refractivity (Wildman–Crippen MR) is 86.5 cm³/mol. The van der Waals surface area contributed by atoms with Crippen molar-refractivity contribution in [2.75, 3.05) is 18.0 Å². The number of aromatic nitrogens is 3. The monoisotopic (exact) mass is 340 g/mol. The molecule has 110 valence electrons. The van der Waals surface area contributed by atoms with Gasteiger partial charge in [0, 0.05) is 23.0 Å². The van der Waals surface area contributed by atoms with Gasteiger partial charge >= 0.3 is 0 Å². The number of halogens is 2. The average molecular weight is 341 g/mol. The average Bonchev–Trinajstić information content (AvgIpc) is 2.47. The lowest BCUT2D eigenvalue weighted by Crippen LogP contribution is -2.31. The van der Waals surface area contributed by atoms with Crippen LogP contribution in [0.2, 0.25) is 10.3 Å². The molecule has 3 rings (SSSR count). The van der Waals surface area contributed by atoms with Gasteiger partial charge in [0.15, 0.2) is 5.16 Å². The summed E-state index contributed by atoms with van der Waals surface area (Å²) in [6.45, 7) is 1.95. The SMILES string of the molecule is Clc1cccc(Sc2nc(Cl)nc(N3CCCCC3)n2)c1. The van der Waals surface area contributed by atoms with Crippen LogP contribution in [0.15, 0.2) is 34.3 Å². The Morgan fingerprint density at radius 2 is 1.81 bits per heavy atom. The van der Waals surface area contributed by atoms with Crippen molar-refractivity contribution in [1.82, 2.24) is 15.0 Å². The molecular formula is C14H14Cl2N4S. The lowest BCUT2D eigenvalue weighted by atomic mass is 10.1. The molecule has 0 bridgehead atoms. The summed E-state index contributed by atoms with van der Waals surface area (Å²) < 4.78 is 0. The van der Waals surface area contributed by atoms with Gasteiger partial charge in [-0.1, -0.05) is 17.7 Å². The molecule has 1 aliphatic heterocycles. The summed E-state index contributed by atoms with van der Waals surface area (Å²) in [7, 11) is 0. The van der Waals surface area contributed by atoms with Crippen LogP contribution in [-0.4, -0.2) is 28.0 Å². The quantitative estimate of drug-likeness (QED) is 0.832. The lowest BCUT2D eigenvalue weighted by Gasteiger charge is -2.26. The van der Waals surface area contributed by atoms with E-state index in [-0.39, 0.29) is 5.28 Å². The van der Waals surface area contributed by atoms with Crippen molar-refractivity contribution in [3.8, 4) is 0 Å². The van der Waals surface area contributed by atoms with Gasteiger partial charge in [-0.15, -0.1) is 0 Å².